The molecule has 5 nitrogen and oxygen atoms in total. The number of nitrogens with one attached hydrogen (secondary N) is 1. The van der Waals surface area contributed by atoms with Gasteiger partial charge in [-0.25, -0.2) is 0 Å². The number of aliphatic hydroxyl groups excluding tert-OH is 1. The van der Waals surface area contributed by atoms with E-state index in [1.165, 1.54) is 0 Å². The van der Waals surface area contributed by atoms with Gasteiger partial charge in [-0.05, 0) is 24.9 Å². The van der Waals surface area contributed by atoms with Gasteiger partial charge in [0.05, 0.1) is 6.10 Å². The fourth-order valence-corrected chi connectivity index (χ4v) is 1.56. The lowest BCUT2D eigenvalue weighted by molar-refractivity contribution is 0.159. The zero-order chi connectivity index (χ0) is 13.4. The summed E-state index contributed by atoms with van der Waals surface area (Å²) in [6.45, 7) is 3.50. The van der Waals surface area contributed by atoms with E-state index in [9.17, 15) is 5.11 Å². The van der Waals surface area contributed by atoms with Crippen LogP contribution in [0, 0.1) is 0 Å². The van der Waals surface area contributed by atoms with E-state index in [0.717, 1.165) is 31.5 Å². The summed E-state index contributed by atoms with van der Waals surface area (Å²) in [4.78, 5) is 0. The lowest BCUT2D eigenvalue weighted by Gasteiger charge is -2.09. The van der Waals surface area contributed by atoms with Gasteiger partial charge in [-0.3, -0.25) is 0 Å². The normalized spacial score (nSPS) is 13.6. The first-order chi connectivity index (χ1) is 8.67. The second kappa shape index (κ2) is 7.68. The molecule has 0 bridgehead atoms. The number of nitrogens with two attached hydrogens (primary N) is 1. The smallest absolute Gasteiger partial charge is 0.170 e. The van der Waals surface area contributed by atoms with Crippen LogP contribution in [0.25, 0.3) is 0 Å². The Morgan fingerprint density at radius 3 is 2.61 bits per heavy atom. The van der Waals surface area contributed by atoms with Gasteiger partial charge in [-0.1, -0.05) is 36.3 Å². The van der Waals surface area contributed by atoms with E-state index in [-0.39, 0.29) is 11.9 Å². The molecule has 5 N–H and O–H groups in total. The van der Waals surface area contributed by atoms with Crippen LogP contribution < -0.4 is 11.1 Å². The van der Waals surface area contributed by atoms with E-state index < -0.39 is 0 Å². The predicted octanol–water partition coefficient (Wildman–Crippen LogP) is 1.03. The van der Waals surface area contributed by atoms with Gasteiger partial charge in [0, 0.05) is 12.1 Å². The molecule has 0 radical (unpaired) electrons. The number of hydrogen-bond acceptors (Lipinski definition) is 4. The van der Waals surface area contributed by atoms with Crippen molar-refractivity contribution < 1.29 is 10.3 Å². The van der Waals surface area contributed by atoms with Gasteiger partial charge in [-0.15, -0.1) is 0 Å². The molecule has 0 saturated carbocycles. The first kappa shape index (κ1) is 14.5. The number of oxime groups is 1. The van der Waals surface area contributed by atoms with Gasteiger partial charge < -0.3 is 21.4 Å². The SMILES string of the molecule is CCC(O)CCNCc1ccc(/C(N)=N/O)cc1. The van der Waals surface area contributed by atoms with Crippen LogP contribution >= 0.6 is 0 Å². The molecule has 0 aliphatic rings. The van der Waals surface area contributed by atoms with E-state index in [1.807, 2.05) is 31.2 Å². The standard InChI is InChI=1S/C13H21N3O2/c1-2-12(17)7-8-15-9-10-3-5-11(6-4-10)13(14)16-18/h3-6,12,15,17-18H,2,7-9H2,1H3,(H2,14,16). The lowest BCUT2D eigenvalue weighted by atomic mass is 10.1. The van der Waals surface area contributed by atoms with Crippen LogP contribution in [-0.4, -0.2) is 28.8 Å². The molecule has 1 atom stereocenters. The molecule has 100 valence electrons. The summed E-state index contributed by atoms with van der Waals surface area (Å²) in [6, 6.07) is 7.48. The van der Waals surface area contributed by atoms with Crippen LogP contribution in [0.3, 0.4) is 0 Å². The molecular formula is C13H21N3O2. The van der Waals surface area contributed by atoms with Gasteiger partial charge in [-0.2, -0.15) is 0 Å². The zero-order valence-corrected chi connectivity index (χ0v) is 10.6. The van der Waals surface area contributed by atoms with Gasteiger partial charge in [0.15, 0.2) is 5.84 Å². The number of benzene rings is 1. The van der Waals surface area contributed by atoms with Crippen molar-refractivity contribution in [3.8, 4) is 0 Å². The molecule has 0 aromatic heterocycles. The molecule has 0 fully saturated rings. The van der Waals surface area contributed by atoms with Gasteiger partial charge in [0.2, 0.25) is 0 Å². The Morgan fingerprint density at radius 2 is 2.06 bits per heavy atom. The summed E-state index contributed by atoms with van der Waals surface area (Å²) < 4.78 is 0. The highest BCUT2D eigenvalue weighted by molar-refractivity contribution is 5.96. The van der Waals surface area contributed by atoms with Crippen LogP contribution in [0.4, 0.5) is 0 Å². The fraction of sp³-hybridized carbons (Fsp3) is 0.462. The third-order valence-electron chi connectivity index (χ3n) is 2.81. The molecule has 0 aliphatic heterocycles. The molecule has 1 unspecified atom stereocenters. The molecule has 5 heteroatoms. The van der Waals surface area contributed by atoms with Crippen LogP contribution in [0.1, 0.15) is 30.9 Å². The molecule has 1 aromatic rings. The van der Waals surface area contributed by atoms with E-state index in [4.69, 9.17) is 10.9 Å². The average Bonchev–Trinajstić information content (AvgIpc) is 2.43. The summed E-state index contributed by atoms with van der Waals surface area (Å²) in [6.07, 6.45) is 1.33. The number of rotatable bonds is 7. The fourth-order valence-electron chi connectivity index (χ4n) is 1.56. The third-order valence-corrected chi connectivity index (χ3v) is 2.81. The Hall–Kier alpha value is -1.59. The highest BCUT2D eigenvalue weighted by Crippen LogP contribution is 2.04. The number of nitrogens with zero attached hydrogens (tertiary/aromatic N) is 1. The second-order valence-electron chi connectivity index (χ2n) is 4.21. The molecular weight excluding hydrogens is 230 g/mol. The van der Waals surface area contributed by atoms with Crippen LogP contribution in [0.15, 0.2) is 29.4 Å². The van der Waals surface area contributed by atoms with Crippen molar-refractivity contribution in [2.45, 2.75) is 32.4 Å². The number of aliphatic hydroxyl groups is 1. The van der Waals surface area contributed by atoms with Crippen molar-refractivity contribution in [1.29, 1.82) is 0 Å². The maximum Gasteiger partial charge on any atom is 0.170 e. The van der Waals surface area contributed by atoms with Crippen molar-refractivity contribution in [2.75, 3.05) is 6.54 Å². The average molecular weight is 251 g/mol. The largest absolute Gasteiger partial charge is 0.409 e. The highest BCUT2D eigenvalue weighted by atomic mass is 16.4. The van der Waals surface area contributed by atoms with Gasteiger partial charge in [0.1, 0.15) is 0 Å². The topological polar surface area (TPSA) is 90.9 Å². The van der Waals surface area contributed by atoms with E-state index in [1.54, 1.807) is 0 Å². The summed E-state index contributed by atoms with van der Waals surface area (Å²) in [5.74, 6) is 0.112. The van der Waals surface area contributed by atoms with Crippen molar-refractivity contribution in [3.05, 3.63) is 35.4 Å². The van der Waals surface area contributed by atoms with Crippen molar-refractivity contribution in [3.63, 3.8) is 0 Å². The minimum absolute atomic E-state index is 0.112. The van der Waals surface area contributed by atoms with Crippen molar-refractivity contribution in [2.24, 2.45) is 10.9 Å². The van der Waals surface area contributed by atoms with Crippen LogP contribution in [0.5, 0.6) is 0 Å². The molecule has 18 heavy (non-hydrogen) atoms. The van der Waals surface area contributed by atoms with Crippen LogP contribution in [-0.2, 0) is 6.54 Å². The number of hydrogen-bond donors (Lipinski definition) is 4. The van der Waals surface area contributed by atoms with Crippen LogP contribution in [0.2, 0.25) is 0 Å². The monoisotopic (exact) mass is 251 g/mol. The first-order valence-electron chi connectivity index (χ1n) is 6.13. The molecule has 1 rings (SSSR count). The highest BCUT2D eigenvalue weighted by Gasteiger charge is 2.01. The van der Waals surface area contributed by atoms with Crippen molar-refractivity contribution in [1.82, 2.24) is 5.32 Å². The van der Waals surface area contributed by atoms with E-state index in [0.29, 0.717) is 5.56 Å². The molecule has 0 amide bonds. The maximum atomic E-state index is 9.39. The summed E-state index contributed by atoms with van der Waals surface area (Å²) in [5.41, 5.74) is 7.29. The summed E-state index contributed by atoms with van der Waals surface area (Å²) in [5, 5.41) is 24.1. The predicted molar refractivity (Wildman–Crippen MR) is 71.6 cm³/mol. The lowest BCUT2D eigenvalue weighted by Crippen LogP contribution is -2.20. The minimum atomic E-state index is -0.222. The Morgan fingerprint density at radius 1 is 1.39 bits per heavy atom. The molecule has 0 heterocycles. The van der Waals surface area contributed by atoms with Crippen molar-refractivity contribution >= 4 is 5.84 Å². The third kappa shape index (κ3) is 4.73. The maximum absolute atomic E-state index is 9.39. The Bertz CT molecular complexity index is 376. The molecule has 0 saturated heterocycles. The quantitative estimate of drug-likeness (QED) is 0.191. The minimum Gasteiger partial charge on any atom is -0.409 e. The zero-order valence-electron chi connectivity index (χ0n) is 10.6. The number of amidine groups is 1. The molecule has 0 spiro atoms. The molecule has 1 aromatic carbocycles. The Kier molecular flexibility index (Phi) is 6.18. The van der Waals surface area contributed by atoms with E-state index in [2.05, 4.69) is 10.5 Å². The summed E-state index contributed by atoms with van der Waals surface area (Å²) in [7, 11) is 0. The van der Waals surface area contributed by atoms with E-state index >= 15 is 0 Å². The summed E-state index contributed by atoms with van der Waals surface area (Å²) >= 11 is 0. The second-order valence-corrected chi connectivity index (χ2v) is 4.21. The Balaban J connectivity index is 2.36. The Labute approximate surface area is 107 Å². The first-order valence-corrected chi connectivity index (χ1v) is 6.13. The van der Waals surface area contributed by atoms with Gasteiger partial charge >= 0.3 is 0 Å². The molecule has 0 aliphatic carbocycles. The van der Waals surface area contributed by atoms with Gasteiger partial charge in [0.25, 0.3) is 0 Å².